The van der Waals surface area contributed by atoms with Crippen LogP contribution in [0.25, 0.3) is 11.3 Å². The number of anilines is 1. The van der Waals surface area contributed by atoms with Gasteiger partial charge in [-0.05, 0) is 36.4 Å². The molecule has 0 spiro atoms. The Labute approximate surface area is 175 Å². The molecule has 2 aromatic heterocycles. The van der Waals surface area contributed by atoms with Crippen LogP contribution in [0.2, 0.25) is 0 Å². The zero-order valence-electron chi connectivity index (χ0n) is 16.1. The van der Waals surface area contributed by atoms with Gasteiger partial charge in [0.1, 0.15) is 17.3 Å². The van der Waals surface area contributed by atoms with Gasteiger partial charge in [0.25, 0.3) is 5.91 Å². The van der Waals surface area contributed by atoms with Crippen LogP contribution in [0.4, 0.5) is 14.5 Å². The molecule has 6 nitrogen and oxygen atoms in total. The molecule has 2 aromatic carbocycles. The molecule has 0 atom stereocenters. The molecule has 1 amide bonds. The highest BCUT2D eigenvalue weighted by molar-refractivity contribution is 7.99. The van der Waals surface area contributed by atoms with Crippen LogP contribution < -0.4 is 5.32 Å². The van der Waals surface area contributed by atoms with Gasteiger partial charge in [-0.25, -0.2) is 13.8 Å². The molecule has 0 aliphatic heterocycles. The smallest absolute Gasteiger partial charge is 0.259 e. The van der Waals surface area contributed by atoms with Gasteiger partial charge in [-0.2, -0.15) is 5.10 Å². The number of benzene rings is 2. The molecule has 0 unspecified atom stereocenters. The number of imidazole rings is 1. The Bertz CT molecular complexity index is 1220. The molecule has 9 heteroatoms. The van der Waals surface area contributed by atoms with Crippen LogP contribution in [0.3, 0.4) is 0 Å². The molecular weight excluding hydrogens is 408 g/mol. The van der Waals surface area contributed by atoms with E-state index in [0.717, 1.165) is 22.2 Å². The molecule has 0 saturated heterocycles. The molecule has 152 valence electrons. The lowest BCUT2D eigenvalue weighted by Crippen LogP contribution is -2.12. The summed E-state index contributed by atoms with van der Waals surface area (Å²) in [6, 6.07) is 10.5. The lowest BCUT2D eigenvalue weighted by atomic mass is 10.1. The lowest BCUT2D eigenvalue weighted by Gasteiger charge is -2.07. The minimum absolute atomic E-state index is 0.0592. The first kappa shape index (κ1) is 19.8. The Balaban J connectivity index is 1.54. The van der Waals surface area contributed by atoms with Crippen molar-refractivity contribution >= 4 is 23.4 Å². The van der Waals surface area contributed by atoms with Gasteiger partial charge in [-0.1, -0.05) is 11.8 Å². The molecule has 0 fully saturated rings. The largest absolute Gasteiger partial charge is 0.329 e. The summed E-state index contributed by atoms with van der Waals surface area (Å²) in [5.41, 5.74) is 0.978. The highest BCUT2D eigenvalue weighted by Gasteiger charge is 2.20. The number of nitrogens with one attached hydrogen (secondary N) is 1. The van der Waals surface area contributed by atoms with Crippen LogP contribution in [0.5, 0.6) is 0 Å². The molecule has 4 rings (SSSR count). The summed E-state index contributed by atoms with van der Waals surface area (Å²) < 4.78 is 30.8. The monoisotopic (exact) mass is 425 g/mol. The number of hydrogen-bond acceptors (Lipinski definition) is 4. The van der Waals surface area contributed by atoms with E-state index in [1.807, 2.05) is 29.9 Å². The zero-order valence-corrected chi connectivity index (χ0v) is 17.0. The van der Waals surface area contributed by atoms with Crippen LogP contribution in [0, 0.1) is 11.6 Å². The van der Waals surface area contributed by atoms with Gasteiger partial charge in [-0.3, -0.25) is 9.48 Å². The number of amides is 1. The number of rotatable bonds is 5. The molecule has 0 aliphatic carbocycles. The van der Waals surface area contributed by atoms with Gasteiger partial charge >= 0.3 is 0 Å². The Morgan fingerprint density at radius 2 is 1.87 bits per heavy atom. The van der Waals surface area contributed by atoms with Crippen LogP contribution in [-0.4, -0.2) is 25.2 Å². The Hall–Kier alpha value is -3.46. The number of halogens is 2. The summed E-state index contributed by atoms with van der Waals surface area (Å²) >= 11 is 1.50. The van der Waals surface area contributed by atoms with E-state index in [0.29, 0.717) is 5.69 Å². The first-order chi connectivity index (χ1) is 14.4. The second kappa shape index (κ2) is 8.11. The molecule has 0 radical (unpaired) electrons. The summed E-state index contributed by atoms with van der Waals surface area (Å²) in [4.78, 5) is 18.0. The minimum Gasteiger partial charge on any atom is -0.329 e. The van der Waals surface area contributed by atoms with Crippen molar-refractivity contribution in [2.45, 2.75) is 10.1 Å². The molecule has 1 N–H and O–H groups in total. The fourth-order valence-electron chi connectivity index (χ4n) is 2.90. The summed E-state index contributed by atoms with van der Waals surface area (Å²) in [5, 5.41) is 7.82. The average Bonchev–Trinajstić information content (AvgIpc) is 3.29. The van der Waals surface area contributed by atoms with Crippen LogP contribution in [-0.2, 0) is 14.1 Å². The number of aromatic nitrogens is 4. The van der Waals surface area contributed by atoms with Gasteiger partial charge in [0.05, 0.1) is 5.56 Å². The summed E-state index contributed by atoms with van der Waals surface area (Å²) in [5.74, 6) is -1.91. The van der Waals surface area contributed by atoms with E-state index >= 15 is 0 Å². The second-order valence-electron chi connectivity index (χ2n) is 6.59. The standard InChI is InChI=1S/C21H17F2N5OS/c1-27-10-9-24-21(27)30-15-6-4-14(5-7-15)25-20(29)17-12-28(2)26-19(17)16-8-3-13(22)11-18(16)23/h3-12H,1-2H3,(H,25,29). The van der Waals surface area contributed by atoms with Gasteiger partial charge in [0.2, 0.25) is 0 Å². The maximum atomic E-state index is 14.2. The highest BCUT2D eigenvalue weighted by atomic mass is 32.2. The van der Waals surface area contributed by atoms with Gasteiger partial charge in [0, 0.05) is 54.9 Å². The van der Waals surface area contributed by atoms with Crippen molar-refractivity contribution in [1.29, 1.82) is 0 Å². The summed E-state index contributed by atoms with van der Waals surface area (Å²) in [6.45, 7) is 0. The fourth-order valence-corrected chi connectivity index (χ4v) is 3.70. The van der Waals surface area contributed by atoms with Crippen LogP contribution in [0.15, 0.2) is 71.1 Å². The molecule has 0 bridgehead atoms. The second-order valence-corrected chi connectivity index (χ2v) is 7.63. The number of hydrogen-bond donors (Lipinski definition) is 1. The Morgan fingerprint density at radius 1 is 1.10 bits per heavy atom. The van der Waals surface area contributed by atoms with Crippen molar-refractivity contribution in [2.75, 3.05) is 5.32 Å². The number of nitrogens with zero attached hydrogens (tertiary/aromatic N) is 4. The van der Waals surface area contributed by atoms with Gasteiger partial charge < -0.3 is 9.88 Å². The molecular formula is C21H17F2N5OS. The first-order valence-corrected chi connectivity index (χ1v) is 9.78. The zero-order chi connectivity index (χ0) is 21.3. The van der Waals surface area contributed by atoms with Crippen molar-refractivity contribution < 1.29 is 13.6 Å². The number of carbonyl (C=O) groups is 1. The predicted octanol–water partition coefficient (Wildman–Crippen LogP) is 4.50. The SMILES string of the molecule is Cn1cc(C(=O)Nc2ccc(Sc3nccn3C)cc2)c(-c2ccc(F)cc2F)n1. The summed E-state index contributed by atoms with van der Waals surface area (Å²) in [7, 11) is 3.55. The highest BCUT2D eigenvalue weighted by Crippen LogP contribution is 2.28. The van der Waals surface area contributed by atoms with E-state index in [2.05, 4.69) is 15.4 Å². The van der Waals surface area contributed by atoms with Crippen LogP contribution >= 0.6 is 11.8 Å². The van der Waals surface area contributed by atoms with E-state index < -0.39 is 17.5 Å². The fraction of sp³-hybridized carbons (Fsp3) is 0.0952. The van der Waals surface area contributed by atoms with Crippen molar-refractivity contribution in [3.8, 4) is 11.3 Å². The van der Waals surface area contributed by atoms with E-state index in [1.54, 1.807) is 25.4 Å². The molecule has 2 heterocycles. The molecule has 4 aromatic rings. The summed E-state index contributed by atoms with van der Waals surface area (Å²) in [6.07, 6.45) is 5.09. The predicted molar refractivity (Wildman–Crippen MR) is 110 cm³/mol. The van der Waals surface area contributed by atoms with Crippen molar-refractivity contribution in [3.63, 3.8) is 0 Å². The van der Waals surface area contributed by atoms with E-state index in [1.165, 1.54) is 28.7 Å². The minimum atomic E-state index is -0.779. The number of aryl methyl sites for hydroxylation is 2. The third-order valence-electron chi connectivity index (χ3n) is 4.36. The average molecular weight is 425 g/mol. The first-order valence-electron chi connectivity index (χ1n) is 8.96. The third kappa shape index (κ3) is 4.11. The van der Waals surface area contributed by atoms with E-state index in [-0.39, 0.29) is 16.8 Å². The van der Waals surface area contributed by atoms with Crippen molar-refractivity contribution in [3.05, 3.63) is 78.3 Å². The Kier molecular flexibility index (Phi) is 5.37. The Morgan fingerprint density at radius 3 is 2.53 bits per heavy atom. The van der Waals surface area contributed by atoms with Gasteiger partial charge in [-0.15, -0.1) is 0 Å². The molecule has 0 aliphatic rings. The molecule has 30 heavy (non-hydrogen) atoms. The van der Waals surface area contributed by atoms with Crippen molar-refractivity contribution in [2.24, 2.45) is 14.1 Å². The van der Waals surface area contributed by atoms with Gasteiger partial charge in [0.15, 0.2) is 5.16 Å². The van der Waals surface area contributed by atoms with E-state index in [9.17, 15) is 13.6 Å². The quantitative estimate of drug-likeness (QED) is 0.511. The number of carbonyl (C=O) groups excluding carboxylic acids is 1. The maximum Gasteiger partial charge on any atom is 0.259 e. The van der Waals surface area contributed by atoms with Crippen LogP contribution in [0.1, 0.15) is 10.4 Å². The topological polar surface area (TPSA) is 64.7 Å². The normalized spacial score (nSPS) is 10.9. The third-order valence-corrected chi connectivity index (χ3v) is 5.44. The maximum absolute atomic E-state index is 14.2. The lowest BCUT2D eigenvalue weighted by molar-refractivity contribution is 0.102. The van der Waals surface area contributed by atoms with Crippen molar-refractivity contribution in [1.82, 2.24) is 19.3 Å². The molecule has 0 saturated carbocycles. The van der Waals surface area contributed by atoms with E-state index in [4.69, 9.17) is 0 Å².